The highest BCUT2D eigenvalue weighted by Gasteiger charge is 2.24. The Kier molecular flexibility index (Phi) is 6.55. The van der Waals surface area contributed by atoms with Gasteiger partial charge in [-0.15, -0.1) is 11.3 Å². The molecule has 1 aliphatic rings. The summed E-state index contributed by atoms with van der Waals surface area (Å²) in [7, 11) is 0. The zero-order valence-electron chi connectivity index (χ0n) is 15.5. The van der Waals surface area contributed by atoms with Gasteiger partial charge in [-0.1, -0.05) is 31.5 Å². The number of likely N-dealkylation sites (tertiary alicyclic amines) is 1. The largest absolute Gasteiger partial charge is 0.311 e. The monoisotopic (exact) mass is 380 g/mol. The van der Waals surface area contributed by atoms with E-state index >= 15 is 0 Å². The van der Waals surface area contributed by atoms with Crippen LogP contribution in [0.1, 0.15) is 48.9 Å². The van der Waals surface area contributed by atoms with Gasteiger partial charge in [0.25, 0.3) is 0 Å². The minimum Gasteiger partial charge on any atom is -0.311 e. The molecule has 0 saturated carbocycles. The number of aryl methyl sites for hydroxylation is 1. The number of hydrogen-bond donors (Lipinski definition) is 1. The van der Waals surface area contributed by atoms with E-state index in [-0.39, 0.29) is 0 Å². The lowest BCUT2D eigenvalue weighted by atomic mass is 10.2. The highest BCUT2D eigenvalue weighted by molar-refractivity contribution is 7.10. The number of hydrogen-bond acceptors (Lipinski definition) is 4. The third-order valence-corrected chi connectivity index (χ3v) is 6.21. The molecule has 25 heavy (non-hydrogen) atoms. The van der Waals surface area contributed by atoms with Crippen LogP contribution in [0.25, 0.3) is 0 Å². The Balaban J connectivity index is 1.63. The maximum atomic E-state index is 6.57. The normalized spacial score (nSPS) is 16.8. The Labute approximate surface area is 160 Å². The standard InChI is InChI=1S/C19H29ClN4S/c1-14(2)13-24-19(20)16(15(3)22-24)11-21-12-17(18-7-6-10-25-18)23-8-4-5-9-23/h6-7,10,14,17,21H,4-5,8-9,11-13H2,1-3H3/t17-/m1/s1. The minimum absolute atomic E-state index is 0.465. The van der Waals surface area contributed by atoms with Crippen molar-refractivity contribution in [1.29, 1.82) is 0 Å². The van der Waals surface area contributed by atoms with Gasteiger partial charge in [0.15, 0.2) is 0 Å². The van der Waals surface area contributed by atoms with E-state index in [4.69, 9.17) is 11.6 Å². The molecule has 0 bridgehead atoms. The predicted octanol–water partition coefficient (Wildman–Crippen LogP) is 4.49. The molecule has 1 fully saturated rings. The summed E-state index contributed by atoms with van der Waals surface area (Å²) in [5.74, 6) is 0.538. The van der Waals surface area contributed by atoms with Crippen LogP contribution >= 0.6 is 22.9 Å². The fraction of sp³-hybridized carbons (Fsp3) is 0.632. The van der Waals surface area contributed by atoms with Crippen molar-refractivity contribution in [3.05, 3.63) is 38.8 Å². The lowest BCUT2D eigenvalue weighted by Gasteiger charge is -2.27. The van der Waals surface area contributed by atoms with Crippen LogP contribution in [0.3, 0.4) is 0 Å². The first-order chi connectivity index (χ1) is 12.1. The van der Waals surface area contributed by atoms with Crippen molar-refractivity contribution in [2.75, 3.05) is 19.6 Å². The van der Waals surface area contributed by atoms with Crippen molar-refractivity contribution in [3.63, 3.8) is 0 Å². The molecule has 0 amide bonds. The van der Waals surface area contributed by atoms with Gasteiger partial charge in [-0.2, -0.15) is 5.10 Å². The Morgan fingerprint density at radius 1 is 1.32 bits per heavy atom. The zero-order chi connectivity index (χ0) is 17.8. The fourth-order valence-corrected chi connectivity index (χ4v) is 4.71. The van der Waals surface area contributed by atoms with Crippen molar-refractivity contribution in [2.24, 2.45) is 5.92 Å². The summed E-state index contributed by atoms with van der Waals surface area (Å²) >= 11 is 8.42. The van der Waals surface area contributed by atoms with Gasteiger partial charge in [-0.3, -0.25) is 9.58 Å². The van der Waals surface area contributed by atoms with E-state index in [0.29, 0.717) is 12.0 Å². The summed E-state index contributed by atoms with van der Waals surface area (Å²) in [6.45, 7) is 11.4. The van der Waals surface area contributed by atoms with Gasteiger partial charge < -0.3 is 5.32 Å². The molecule has 2 aromatic rings. The Bertz CT molecular complexity index is 659. The zero-order valence-corrected chi connectivity index (χ0v) is 17.0. The van der Waals surface area contributed by atoms with Gasteiger partial charge in [-0.05, 0) is 50.2 Å². The molecule has 1 saturated heterocycles. The molecule has 0 aliphatic carbocycles. The number of nitrogens with zero attached hydrogens (tertiary/aromatic N) is 3. The van der Waals surface area contributed by atoms with Crippen LogP contribution in [-0.4, -0.2) is 34.3 Å². The molecule has 0 radical (unpaired) electrons. The maximum absolute atomic E-state index is 6.57. The molecule has 4 nitrogen and oxygen atoms in total. The van der Waals surface area contributed by atoms with Crippen LogP contribution in [0, 0.1) is 12.8 Å². The first-order valence-electron chi connectivity index (χ1n) is 9.26. The summed E-state index contributed by atoms with van der Waals surface area (Å²) in [6, 6.07) is 4.88. The predicted molar refractivity (Wildman–Crippen MR) is 106 cm³/mol. The molecule has 1 aliphatic heterocycles. The summed E-state index contributed by atoms with van der Waals surface area (Å²) < 4.78 is 1.94. The maximum Gasteiger partial charge on any atom is 0.131 e. The number of rotatable bonds is 8. The second-order valence-electron chi connectivity index (χ2n) is 7.34. The van der Waals surface area contributed by atoms with E-state index < -0.39 is 0 Å². The molecular formula is C19H29ClN4S. The number of aromatic nitrogens is 2. The van der Waals surface area contributed by atoms with E-state index in [9.17, 15) is 0 Å². The Morgan fingerprint density at radius 2 is 2.08 bits per heavy atom. The van der Waals surface area contributed by atoms with Gasteiger partial charge in [0.1, 0.15) is 5.15 Å². The van der Waals surface area contributed by atoms with Crippen molar-refractivity contribution in [3.8, 4) is 0 Å². The quantitative estimate of drug-likeness (QED) is 0.732. The van der Waals surface area contributed by atoms with Gasteiger partial charge >= 0.3 is 0 Å². The van der Waals surface area contributed by atoms with Crippen LogP contribution in [0.2, 0.25) is 5.15 Å². The minimum atomic E-state index is 0.465. The van der Waals surface area contributed by atoms with Crippen LogP contribution in [0.5, 0.6) is 0 Å². The molecule has 1 atom stereocenters. The molecule has 2 aromatic heterocycles. The molecule has 1 N–H and O–H groups in total. The summed E-state index contributed by atoms with van der Waals surface area (Å²) in [6.07, 6.45) is 2.63. The van der Waals surface area contributed by atoms with Crippen LogP contribution in [-0.2, 0) is 13.1 Å². The van der Waals surface area contributed by atoms with E-state index in [1.807, 2.05) is 16.0 Å². The molecule has 0 unspecified atom stereocenters. The van der Waals surface area contributed by atoms with Gasteiger partial charge in [0, 0.05) is 30.1 Å². The van der Waals surface area contributed by atoms with Gasteiger partial charge in [0.05, 0.1) is 11.7 Å². The highest BCUT2D eigenvalue weighted by Crippen LogP contribution is 2.28. The fourth-order valence-electron chi connectivity index (χ4n) is 3.54. The first-order valence-corrected chi connectivity index (χ1v) is 10.5. The van der Waals surface area contributed by atoms with Crippen molar-refractivity contribution in [1.82, 2.24) is 20.0 Å². The summed E-state index contributed by atoms with van der Waals surface area (Å²) in [5, 5.41) is 11.2. The van der Waals surface area contributed by atoms with E-state index in [2.05, 4.69) is 53.6 Å². The van der Waals surface area contributed by atoms with Crippen LogP contribution in [0.4, 0.5) is 0 Å². The Morgan fingerprint density at radius 3 is 2.72 bits per heavy atom. The summed E-state index contributed by atoms with van der Waals surface area (Å²) in [5.41, 5.74) is 2.17. The third kappa shape index (κ3) is 4.64. The van der Waals surface area contributed by atoms with Crippen molar-refractivity contribution >= 4 is 22.9 Å². The molecule has 0 aromatic carbocycles. The van der Waals surface area contributed by atoms with Crippen molar-refractivity contribution in [2.45, 2.75) is 52.7 Å². The number of halogens is 1. The molecule has 138 valence electrons. The molecule has 3 heterocycles. The smallest absolute Gasteiger partial charge is 0.131 e. The second kappa shape index (κ2) is 8.67. The molecule has 0 spiro atoms. The van der Waals surface area contributed by atoms with Crippen LogP contribution in [0.15, 0.2) is 17.5 Å². The first kappa shape index (κ1) is 18.9. The molecular weight excluding hydrogens is 352 g/mol. The third-order valence-electron chi connectivity index (χ3n) is 4.81. The topological polar surface area (TPSA) is 33.1 Å². The van der Waals surface area contributed by atoms with E-state index in [1.54, 1.807) is 0 Å². The average molecular weight is 381 g/mol. The van der Waals surface area contributed by atoms with Gasteiger partial charge in [-0.25, -0.2) is 0 Å². The van der Waals surface area contributed by atoms with E-state index in [0.717, 1.165) is 36.0 Å². The van der Waals surface area contributed by atoms with E-state index in [1.165, 1.54) is 30.8 Å². The average Bonchev–Trinajstić information content (AvgIpc) is 3.30. The molecule has 6 heteroatoms. The second-order valence-corrected chi connectivity index (χ2v) is 8.67. The lowest BCUT2D eigenvalue weighted by molar-refractivity contribution is 0.241. The SMILES string of the molecule is Cc1nn(CC(C)C)c(Cl)c1CNC[C@H](c1cccs1)N1CCCC1. The van der Waals surface area contributed by atoms with Crippen molar-refractivity contribution < 1.29 is 0 Å². The molecule has 3 rings (SSSR count). The number of nitrogens with one attached hydrogen (secondary N) is 1. The highest BCUT2D eigenvalue weighted by atomic mass is 35.5. The van der Waals surface area contributed by atoms with Gasteiger partial charge in [0.2, 0.25) is 0 Å². The lowest BCUT2D eigenvalue weighted by Crippen LogP contribution is -2.33. The summed E-state index contributed by atoms with van der Waals surface area (Å²) in [4.78, 5) is 4.06. The van der Waals surface area contributed by atoms with Crippen LogP contribution < -0.4 is 5.32 Å². The Hall–Kier alpha value is -0.880. The number of thiophene rings is 1.